The molecule has 12 nitrogen and oxygen atoms in total. The second-order valence-corrected chi connectivity index (χ2v) is 11.0. The number of nitrogens with two attached hydrogens (primary N) is 1. The molecular formula is C26H32FN4O8P. The monoisotopic (exact) mass is 578 g/mol. The number of carbonyl (C=O) groups excluding carboxylic acids is 2. The molecule has 0 amide bonds. The maximum absolute atomic E-state index is 15.1. The molecule has 1 aromatic carbocycles. The normalized spacial score (nSPS) is 23.4. The van der Waals surface area contributed by atoms with Gasteiger partial charge in [0.15, 0.2) is 23.6 Å². The van der Waals surface area contributed by atoms with Crippen molar-refractivity contribution in [1.29, 1.82) is 0 Å². The smallest absolute Gasteiger partial charge is 0.367 e. The van der Waals surface area contributed by atoms with E-state index in [4.69, 9.17) is 29.0 Å². The van der Waals surface area contributed by atoms with Crippen molar-refractivity contribution < 1.29 is 41.8 Å². The van der Waals surface area contributed by atoms with Gasteiger partial charge in [-0.3, -0.25) is 14.1 Å². The highest BCUT2D eigenvalue weighted by Crippen LogP contribution is 2.46. The molecule has 0 aliphatic carbocycles. The topological polar surface area (TPSA) is 154 Å². The summed E-state index contributed by atoms with van der Waals surface area (Å²) in [5, 5.41) is 4.21. The Labute approximate surface area is 230 Å². The number of anilines is 1. The van der Waals surface area contributed by atoms with Crippen LogP contribution in [0, 0.1) is 11.8 Å². The van der Waals surface area contributed by atoms with Crippen LogP contribution in [0.5, 0.6) is 5.75 Å². The SMILES string of the molecule is CC(C)C(=O)O[C@H]1[C@H](c2ccc3c(N)ncnn23)O[C@](CF)(CO[PH](=O)Oc2ccccc2)[C@H]1OC(=O)C(C)C. The van der Waals surface area contributed by atoms with Gasteiger partial charge in [0.05, 0.1) is 24.1 Å². The number of halogens is 1. The molecule has 4 rings (SSSR count). The fraction of sp³-hybridized carbons (Fsp3) is 0.462. The Morgan fingerprint density at radius 2 is 1.77 bits per heavy atom. The van der Waals surface area contributed by atoms with Gasteiger partial charge in [0.25, 0.3) is 0 Å². The predicted octanol–water partition coefficient (Wildman–Crippen LogP) is 3.71. The number of fused-ring (bicyclic) bond motifs is 1. The number of rotatable bonds is 11. The van der Waals surface area contributed by atoms with E-state index in [2.05, 4.69) is 10.1 Å². The molecule has 14 heteroatoms. The van der Waals surface area contributed by atoms with Crippen molar-refractivity contribution in [3.8, 4) is 5.75 Å². The van der Waals surface area contributed by atoms with E-state index in [0.717, 1.165) is 0 Å². The molecule has 0 bridgehead atoms. The van der Waals surface area contributed by atoms with E-state index in [0.29, 0.717) is 11.2 Å². The average molecular weight is 579 g/mol. The average Bonchev–Trinajstić information content (AvgIpc) is 3.48. The van der Waals surface area contributed by atoms with E-state index in [9.17, 15) is 14.2 Å². The molecule has 40 heavy (non-hydrogen) atoms. The largest absolute Gasteiger partial charge is 0.455 e. The minimum Gasteiger partial charge on any atom is -0.455 e. The zero-order valence-corrected chi connectivity index (χ0v) is 23.5. The van der Waals surface area contributed by atoms with E-state index >= 15 is 4.39 Å². The maximum atomic E-state index is 15.1. The Bertz CT molecular complexity index is 1370. The number of para-hydroxylation sites is 1. The number of nitrogens with zero attached hydrogens (tertiary/aromatic N) is 3. The van der Waals surface area contributed by atoms with Gasteiger partial charge in [-0.05, 0) is 24.3 Å². The molecule has 3 heterocycles. The van der Waals surface area contributed by atoms with Crippen LogP contribution in [-0.2, 0) is 32.9 Å². The zero-order chi connectivity index (χ0) is 29.0. The Morgan fingerprint density at radius 1 is 1.10 bits per heavy atom. The second-order valence-electron chi connectivity index (χ2n) is 9.96. The lowest BCUT2D eigenvalue weighted by molar-refractivity contribution is -0.178. The predicted molar refractivity (Wildman–Crippen MR) is 141 cm³/mol. The first-order valence-electron chi connectivity index (χ1n) is 12.7. The van der Waals surface area contributed by atoms with Crippen molar-refractivity contribution in [3.63, 3.8) is 0 Å². The van der Waals surface area contributed by atoms with Crippen molar-refractivity contribution in [2.75, 3.05) is 19.0 Å². The molecule has 2 aromatic heterocycles. The number of nitrogen functional groups attached to an aromatic ring is 1. The number of hydrogen-bond donors (Lipinski definition) is 1. The molecule has 0 spiro atoms. The summed E-state index contributed by atoms with van der Waals surface area (Å²) in [6, 6.07) is 11.5. The third-order valence-corrected chi connectivity index (χ3v) is 7.11. The van der Waals surface area contributed by atoms with Crippen LogP contribution in [-0.4, -0.2) is 57.6 Å². The van der Waals surface area contributed by atoms with Gasteiger partial charge in [-0.15, -0.1) is 0 Å². The first-order valence-corrected chi connectivity index (χ1v) is 13.9. The van der Waals surface area contributed by atoms with Gasteiger partial charge in [-0.2, -0.15) is 5.10 Å². The lowest BCUT2D eigenvalue weighted by Gasteiger charge is -2.32. The molecule has 5 atom stereocenters. The standard InChI is InChI=1S/C26H32FN4O8P/c1-15(2)24(32)36-21-20(18-10-11-19-23(28)29-14-30-31(18)19)38-26(12-27,22(21)37-25(33)16(3)4)13-35-40(34)39-17-8-6-5-7-9-17/h5-11,14-16,20-22,40H,12-13H2,1-4H3,(H2,28,29,30)/t20-,21-,22-,26+/m0/s1. The van der Waals surface area contributed by atoms with Gasteiger partial charge in [0, 0.05) is 0 Å². The summed E-state index contributed by atoms with van der Waals surface area (Å²) in [5.41, 5.74) is 4.73. The van der Waals surface area contributed by atoms with Crippen LogP contribution >= 0.6 is 8.25 Å². The Kier molecular flexibility index (Phi) is 9.07. The summed E-state index contributed by atoms with van der Waals surface area (Å²) in [5.74, 6) is -2.01. The lowest BCUT2D eigenvalue weighted by Crippen LogP contribution is -2.52. The van der Waals surface area contributed by atoms with Gasteiger partial charge in [0.2, 0.25) is 0 Å². The molecule has 2 N–H and O–H groups in total. The summed E-state index contributed by atoms with van der Waals surface area (Å²) < 4.78 is 57.7. The van der Waals surface area contributed by atoms with E-state index in [1.54, 1.807) is 70.2 Å². The maximum Gasteiger partial charge on any atom is 0.367 e. The van der Waals surface area contributed by atoms with E-state index < -0.39 is 69.2 Å². The minimum atomic E-state index is -3.19. The van der Waals surface area contributed by atoms with Gasteiger partial charge < -0.3 is 24.5 Å². The number of alkyl halides is 1. The van der Waals surface area contributed by atoms with Gasteiger partial charge >= 0.3 is 20.2 Å². The van der Waals surface area contributed by atoms with E-state index in [1.807, 2.05) is 0 Å². The van der Waals surface area contributed by atoms with Crippen molar-refractivity contribution in [2.24, 2.45) is 11.8 Å². The highest BCUT2D eigenvalue weighted by atomic mass is 31.1. The van der Waals surface area contributed by atoms with Crippen LogP contribution < -0.4 is 10.3 Å². The molecule has 1 aliphatic heterocycles. The lowest BCUT2D eigenvalue weighted by atomic mass is 9.95. The van der Waals surface area contributed by atoms with Crippen LogP contribution in [0.3, 0.4) is 0 Å². The molecule has 1 saturated heterocycles. The summed E-state index contributed by atoms with van der Waals surface area (Å²) >= 11 is 0. The second kappa shape index (κ2) is 12.3. The molecule has 1 aliphatic rings. The summed E-state index contributed by atoms with van der Waals surface area (Å²) in [6.45, 7) is 4.58. The first-order chi connectivity index (χ1) is 19.1. The van der Waals surface area contributed by atoms with Crippen LogP contribution in [0.1, 0.15) is 39.5 Å². The van der Waals surface area contributed by atoms with E-state index in [-0.39, 0.29) is 11.6 Å². The van der Waals surface area contributed by atoms with Crippen molar-refractivity contribution in [3.05, 3.63) is 54.5 Å². The van der Waals surface area contributed by atoms with Crippen LogP contribution in [0.15, 0.2) is 48.8 Å². The number of ether oxygens (including phenoxy) is 3. The van der Waals surface area contributed by atoms with Crippen molar-refractivity contribution in [1.82, 2.24) is 14.6 Å². The quantitative estimate of drug-likeness (QED) is 0.262. The molecule has 0 radical (unpaired) electrons. The van der Waals surface area contributed by atoms with Crippen LogP contribution in [0.25, 0.3) is 5.52 Å². The molecule has 216 valence electrons. The Balaban J connectivity index is 1.74. The Hall–Kier alpha value is -3.54. The van der Waals surface area contributed by atoms with E-state index in [1.165, 1.54) is 10.8 Å². The van der Waals surface area contributed by atoms with Crippen molar-refractivity contribution >= 4 is 31.5 Å². The van der Waals surface area contributed by atoms with Crippen LogP contribution in [0.4, 0.5) is 10.2 Å². The number of esters is 2. The molecule has 1 fully saturated rings. The number of benzene rings is 1. The third-order valence-electron chi connectivity index (χ3n) is 6.32. The van der Waals surface area contributed by atoms with Gasteiger partial charge in [-0.25, -0.2) is 18.5 Å². The fourth-order valence-electron chi connectivity index (χ4n) is 4.15. The fourth-order valence-corrected chi connectivity index (χ4v) is 4.90. The highest BCUT2D eigenvalue weighted by molar-refractivity contribution is 7.33. The van der Waals surface area contributed by atoms with Gasteiger partial charge in [-0.1, -0.05) is 45.9 Å². The minimum absolute atomic E-state index is 0.175. The number of aromatic nitrogens is 3. The molecular weight excluding hydrogens is 546 g/mol. The van der Waals surface area contributed by atoms with Gasteiger partial charge in [0.1, 0.15) is 30.4 Å². The molecule has 3 aromatic rings. The highest BCUT2D eigenvalue weighted by Gasteiger charge is 2.61. The number of hydrogen-bond acceptors (Lipinski definition) is 11. The summed E-state index contributed by atoms with van der Waals surface area (Å²) in [7, 11) is -3.19. The Morgan fingerprint density at radius 3 is 2.42 bits per heavy atom. The zero-order valence-electron chi connectivity index (χ0n) is 22.5. The first kappa shape index (κ1) is 29.4. The summed E-state index contributed by atoms with van der Waals surface area (Å²) in [4.78, 5) is 29.6. The van der Waals surface area contributed by atoms with Crippen molar-refractivity contribution in [2.45, 2.75) is 51.6 Å². The molecule has 0 saturated carbocycles. The van der Waals surface area contributed by atoms with Crippen LogP contribution in [0.2, 0.25) is 0 Å². The third kappa shape index (κ3) is 6.11. The number of carbonyl (C=O) groups is 2. The summed E-state index contributed by atoms with van der Waals surface area (Å²) in [6.07, 6.45) is -2.74. The molecule has 1 unspecified atom stereocenters.